The molecular weight excluding hydrogens is 212 g/mol. The highest BCUT2D eigenvalue weighted by molar-refractivity contribution is 7.99. The fourth-order valence-electron chi connectivity index (χ4n) is 0.940. The third-order valence-corrected chi connectivity index (χ3v) is 2.68. The molecule has 1 aromatic rings. The van der Waals surface area contributed by atoms with Gasteiger partial charge in [-0.05, 0) is 6.92 Å². The van der Waals surface area contributed by atoms with E-state index in [1.165, 1.54) is 11.8 Å². The Morgan fingerprint density at radius 1 is 1.80 bits per heavy atom. The van der Waals surface area contributed by atoms with Crippen LogP contribution < -0.4 is 5.32 Å². The molecule has 0 atom stereocenters. The van der Waals surface area contributed by atoms with Gasteiger partial charge in [-0.25, -0.2) is 0 Å². The Kier molecular flexibility index (Phi) is 4.89. The average Bonchev–Trinajstić information content (AvgIpc) is 2.70. The molecule has 0 aliphatic carbocycles. The number of amides is 1. The van der Waals surface area contributed by atoms with E-state index in [0.717, 1.165) is 11.7 Å². The molecule has 15 heavy (non-hydrogen) atoms. The number of nitrogens with zero attached hydrogens (tertiary/aromatic N) is 3. The number of aryl methyl sites for hydroxylation is 1. The van der Waals surface area contributed by atoms with E-state index in [0.29, 0.717) is 12.3 Å². The van der Waals surface area contributed by atoms with Crippen LogP contribution in [0, 0.1) is 0 Å². The van der Waals surface area contributed by atoms with E-state index in [1.54, 1.807) is 12.4 Å². The summed E-state index contributed by atoms with van der Waals surface area (Å²) in [6.45, 7) is 6.84. The quantitative estimate of drug-likeness (QED) is 0.573. The van der Waals surface area contributed by atoms with Gasteiger partial charge in [-0.15, -0.1) is 16.8 Å². The lowest BCUT2D eigenvalue weighted by Gasteiger charge is -2.02. The molecular formula is C9H14N4OS. The van der Waals surface area contributed by atoms with Crippen molar-refractivity contribution in [2.24, 2.45) is 0 Å². The van der Waals surface area contributed by atoms with Crippen LogP contribution in [-0.4, -0.2) is 33.0 Å². The number of carbonyl (C=O) groups excluding carboxylic acids is 1. The van der Waals surface area contributed by atoms with Gasteiger partial charge in [0.1, 0.15) is 6.33 Å². The molecule has 0 fully saturated rings. The van der Waals surface area contributed by atoms with E-state index < -0.39 is 0 Å². The molecule has 6 heteroatoms. The Balaban J connectivity index is 2.36. The van der Waals surface area contributed by atoms with Crippen LogP contribution in [0.1, 0.15) is 6.92 Å². The molecule has 0 saturated carbocycles. The van der Waals surface area contributed by atoms with Gasteiger partial charge in [0.15, 0.2) is 5.16 Å². The topological polar surface area (TPSA) is 59.8 Å². The summed E-state index contributed by atoms with van der Waals surface area (Å²) in [5.41, 5.74) is 0. The van der Waals surface area contributed by atoms with E-state index in [2.05, 4.69) is 22.1 Å². The first-order valence-corrected chi connectivity index (χ1v) is 5.64. The van der Waals surface area contributed by atoms with Crippen LogP contribution in [0.4, 0.5) is 0 Å². The average molecular weight is 226 g/mol. The summed E-state index contributed by atoms with van der Waals surface area (Å²) in [4.78, 5) is 11.3. The van der Waals surface area contributed by atoms with Crippen molar-refractivity contribution in [3.63, 3.8) is 0 Å². The zero-order chi connectivity index (χ0) is 11.1. The first-order valence-electron chi connectivity index (χ1n) is 4.66. The van der Waals surface area contributed by atoms with Gasteiger partial charge in [-0.3, -0.25) is 4.79 Å². The SMILES string of the molecule is C=CCNC(=O)CSc1nncn1CC. The number of hydrogen-bond acceptors (Lipinski definition) is 4. The second-order valence-electron chi connectivity index (χ2n) is 2.78. The maximum Gasteiger partial charge on any atom is 0.230 e. The van der Waals surface area contributed by atoms with E-state index in [1.807, 2.05) is 11.5 Å². The Bertz CT molecular complexity index is 337. The van der Waals surface area contributed by atoms with Gasteiger partial charge in [0.2, 0.25) is 5.91 Å². The van der Waals surface area contributed by atoms with Crippen molar-refractivity contribution in [3.8, 4) is 0 Å². The van der Waals surface area contributed by atoms with Crippen molar-refractivity contribution in [2.75, 3.05) is 12.3 Å². The van der Waals surface area contributed by atoms with Gasteiger partial charge in [-0.1, -0.05) is 17.8 Å². The summed E-state index contributed by atoms with van der Waals surface area (Å²) in [6, 6.07) is 0. The Morgan fingerprint density at radius 3 is 3.27 bits per heavy atom. The maximum atomic E-state index is 11.3. The highest BCUT2D eigenvalue weighted by Gasteiger charge is 2.06. The van der Waals surface area contributed by atoms with Crippen molar-refractivity contribution in [2.45, 2.75) is 18.6 Å². The monoisotopic (exact) mass is 226 g/mol. The summed E-state index contributed by atoms with van der Waals surface area (Å²) >= 11 is 1.38. The maximum absolute atomic E-state index is 11.3. The van der Waals surface area contributed by atoms with Crippen molar-refractivity contribution in [1.82, 2.24) is 20.1 Å². The Labute approximate surface area is 93.0 Å². The van der Waals surface area contributed by atoms with Crippen molar-refractivity contribution >= 4 is 17.7 Å². The van der Waals surface area contributed by atoms with Crippen LogP contribution in [0.15, 0.2) is 24.1 Å². The molecule has 5 nitrogen and oxygen atoms in total. The fourth-order valence-corrected chi connectivity index (χ4v) is 1.75. The van der Waals surface area contributed by atoms with Crippen LogP contribution >= 0.6 is 11.8 Å². The number of rotatable bonds is 6. The molecule has 0 aliphatic rings. The first-order chi connectivity index (χ1) is 7.27. The summed E-state index contributed by atoms with van der Waals surface area (Å²) in [7, 11) is 0. The minimum absolute atomic E-state index is 0.0226. The molecule has 0 saturated heterocycles. The fraction of sp³-hybridized carbons (Fsp3) is 0.444. The van der Waals surface area contributed by atoms with Crippen LogP contribution in [0.2, 0.25) is 0 Å². The van der Waals surface area contributed by atoms with Gasteiger partial charge in [0.25, 0.3) is 0 Å². The molecule has 1 N–H and O–H groups in total. The summed E-state index contributed by atoms with van der Waals surface area (Å²) in [5, 5.41) is 11.2. The third-order valence-electron chi connectivity index (χ3n) is 1.70. The number of thioether (sulfide) groups is 1. The molecule has 82 valence electrons. The lowest BCUT2D eigenvalue weighted by Crippen LogP contribution is -2.25. The Hall–Kier alpha value is -1.30. The van der Waals surface area contributed by atoms with E-state index >= 15 is 0 Å². The smallest absolute Gasteiger partial charge is 0.230 e. The predicted octanol–water partition coefficient (Wildman–Crippen LogP) is 0.692. The standard InChI is InChI=1S/C9H14N4OS/c1-3-5-10-8(14)6-15-9-12-11-7-13(9)4-2/h3,7H,1,4-6H2,2H3,(H,10,14). The highest BCUT2D eigenvalue weighted by atomic mass is 32.2. The van der Waals surface area contributed by atoms with Gasteiger partial charge in [0, 0.05) is 13.1 Å². The number of carbonyl (C=O) groups is 1. The highest BCUT2D eigenvalue weighted by Crippen LogP contribution is 2.13. The summed E-state index contributed by atoms with van der Waals surface area (Å²) in [5.74, 6) is 0.331. The van der Waals surface area contributed by atoms with Crippen molar-refractivity contribution in [1.29, 1.82) is 0 Å². The van der Waals surface area contributed by atoms with Gasteiger partial charge in [0.05, 0.1) is 5.75 Å². The zero-order valence-corrected chi connectivity index (χ0v) is 9.46. The molecule has 1 aromatic heterocycles. The zero-order valence-electron chi connectivity index (χ0n) is 8.64. The number of nitrogens with one attached hydrogen (secondary N) is 1. The summed E-state index contributed by atoms with van der Waals surface area (Å²) in [6.07, 6.45) is 3.31. The lowest BCUT2D eigenvalue weighted by molar-refractivity contribution is -0.118. The molecule has 1 rings (SSSR count). The van der Waals surface area contributed by atoms with Crippen LogP contribution in [0.25, 0.3) is 0 Å². The van der Waals surface area contributed by atoms with Crippen LogP contribution in [-0.2, 0) is 11.3 Å². The Morgan fingerprint density at radius 2 is 2.60 bits per heavy atom. The molecule has 0 bridgehead atoms. The largest absolute Gasteiger partial charge is 0.352 e. The second-order valence-corrected chi connectivity index (χ2v) is 3.72. The number of aromatic nitrogens is 3. The molecule has 0 aromatic carbocycles. The second kappa shape index (κ2) is 6.23. The van der Waals surface area contributed by atoms with Crippen molar-refractivity contribution in [3.05, 3.63) is 19.0 Å². The first kappa shape index (κ1) is 11.8. The minimum Gasteiger partial charge on any atom is -0.352 e. The number of hydrogen-bond donors (Lipinski definition) is 1. The van der Waals surface area contributed by atoms with Gasteiger partial charge in [-0.2, -0.15) is 0 Å². The normalized spacial score (nSPS) is 9.93. The molecule has 1 heterocycles. The molecule has 0 aliphatic heterocycles. The molecule has 1 amide bonds. The minimum atomic E-state index is -0.0226. The van der Waals surface area contributed by atoms with E-state index in [4.69, 9.17) is 0 Å². The van der Waals surface area contributed by atoms with E-state index in [-0.39, 0.29) is 5.91 Å². The van der Waals surface area contributed by atoms with Crippen LogP contribution in [0.5, 0.6) is 0 Å². The molecule has 0 unspecified atom stereocenters. The van der Waals surface area contributed by atoms with Crippen molar-refractivity contribution < 1.29 is 4.79 Å². The summed E-state index contributed by atoms with van der Waals surface area (Å²) < 4.78 is 1.89. The predicted molar refractivity (Wildman–Crippen MR) is 59.6 cm³/mol. The lowest BCUT2D eigenvalue weighted by atomic mass is 10.6. The van der Waals surface area contributed by atoms with E-state index in [9.17, 15) is 4.79 Å². The van der Waals surface area contributed by atoms with Gasteiger partial charge < -0.3 is 9.88 Å². The molecule has 0 spiro atoms. The molecule has 0 radical (unpaired) electrons. The van der Waals surface area contributed by atoms with Crippen LogP contribution in [0.3, 0.4) is 0 Å². The third kappa shape index (κ3) is 3.75. The van der Waals surface area contributed by atoms with Gasteiger partial charge >= 0.3 is 0 Å².